The Labute approximate surface area is 91.2 Å². The molecule has 0 unspecified atom stereocenters. The fourth-order valence-corrected chi connectivity index (χ4v) is 1.82. The van der Waals surface area contributed by atoms with Crippen molar-refractivity contribution in [1.29, 1.82) is 0 Å². The third kappa shape index (κ3) is 1.99. The van der Waals surface area contributed by atoms with Crippen LogP contribution in [-0.2, 0) is 4.74 Å². The lowest BCUT2D eigenvalue weighted by Gasteiger charge is -2.29. The molecule has 76 valence electrons. The van der Waals surface area contributed by atoms with Gasteiger partial charge in [-0.3, -0.25) is 0 Å². The molecule has 1 aromatic heterocycles. The standard InChI is InChI=1S/C9H12BrN3O/c10-7-5-8(9(11)12-6-7)13-1-3-14-4-2-13/h5-6H,1-4H2,(H2,11,12). The van der Waals surface area contributed by atoms with Gasteiger partial charge in [0.1, 0.15) is 5.82 Å². The minimum absolute atomic E-state index is 0.579. The highest BCUT2D eigenvalue weighted by Crippen LogP contribution is 2.25. The van der Waals surface area contributed by atoms with Crippen LogP contribution in [0.1, 0.15) is 0 Å². The van der Waals surface area contributed by atoms with E-state index in [-0.39, 0.29) is 0 Å². The second-order valence-corrected chi connectivity index (χ2v) is 4.07. The first-order chi connectivity index (χ1) is 6.77. The van der Waals surface area contributed by atoms with Crippen LogP contribution >= 0.6 is 15.9 Å². The van der Waals surface area contributed by atoms with Gasteiger partial charge in [0, 0.05) is 23.8 Å². The van der Waals surface area contributed by atoms with Gasteiger partial charge in [-0.2, -0.15) is 0 Å². The van der Waals surface area contributed by atoms with Crippen molar-refractivity contribution in [2.24, 2.45) is 0 Å². The van der Waals surface area contributed by atoms with E-state index in [4.69, 9.17) is 10.5 Å². The van der Waals surface area contributed by atoms with E-state index in [0.717, 1.165) is 36.5 Å². The number of ether oxygens (including phenoxy) is 1. The van der Waals surface area contributed by atoms with Gasteiger partial charge in [-0.05, 0) is 22.0 Å². The quantitative estimate of drug-likeness (QED) is 0.824. The average Bonchev–Trinajstić information content (AvgIpc) is 2.23. The Morgan fingerprint density at radius 1 is 1.43 bits per heavy atom. The van der Waals surface area contributed by atoms with Gasteiger partial charge in [0.05, 0.1) is 18.9 Å². The maximum Gasteiger partial charge on any atom is 0.147 e. The van der Waals surface area contributed by atoms with E-state index in [1.807, 2.05) is 6.07 Å². The lowest BCUT2D eigenvalue weighted by Crippen LogP contribution is -2.36. The number of hydrogen-bond acceptors (Lipinski definition) is 4. The molecule has 0 bridgehead atoms. The SMILES string of the molecule is Nc1ncc(Br)cc1N1CCOCC1. The molecule has 2 heterocycles. The lowest BCUT2D eigenvalue weighted by atomic mass is 10.3. The number of halogens is 1. The van der Waals surface area contributed by atoms with E-state index in [9.17, 15) is 0 Å². The fourth-order valence-electron chi connectivity index (χ4n) is 1.50. The van der Waals surface area contributed by atoms with Crippen LogP contribution in [0.15, 0.2) is 16.7 Å². The number of nitrogens with zero attached hydrogens (tertiary/aromatic N) is 2. The van der Waals surface area contributed by atoms with Gasteiger partial charge in [0.2, 0.25) is 0 Å². The van der Waals surface area contributed by atoms with E-state index in [2.05, 4.69) is 25.8 Å². The molecular weight excluding hydrogens is 246 g/mol. The molecule has 5 heteroatoms. The summed E-state index contributed by atoms with van der Waals surface area (Å²) >= 11 is 3.39. The number of pyridine rings is 1. The predicted octanol–water partition coefficient (Wildman–Crippen LogP) is 1.26. The van der Waals surface area contributed by atoms with Crippen LogP contribution in [0.5, 0.6) is 0 Å². The zero-order valence-electron chi connectivity index (χ0n) is 7.74. The van der Waals surface area contributed by atoms with Crippen molar-refractivity contribution in [3.05, 3.63) is 16.7 Å². The highest BCUT2D eigenvalue weighted by Gasteiger charge is 2.14. The van der Waals surface area contributed by atoms with Crippen LogP contribution in [0.25, 0.3) is 0 Å². The molecule has 0 amide bonds. The predicted molar refractivity (Wildman–Crippen MR) is 59.4 cm³/mol. The van der Waals surface area contributed by atoms with Crippen molar-refractivity contribution in [3.8, 4) is 0 Å². The molecule has 0 spiro atoms. The zero-order valence-corrected chi connectivity index (χ0v) is 9.33. The summed E-state index contributed by atoms with van der Waals surface area (Å²) in [5, 5.41) is 0. The van der Waals surface area contributed by atoms with E-state index >= 15 is 0 Å². The third-order valence-corrected chi connectivity index (χ3v) is 2.65. The third-order valence-electron chi connectivity index (χ3n) is 2.22. The van der Waals surface area contributed by atoms with Gasteiger partial charge in [-0.15, -0.1) is 0 Å². The Kier molecular flexibility index (Phi) is 2.88. The van der Waals surface area contributed by atoms with Crippen LogP contribution in [0.2, 0.25) is 0 Å². The maximum atomic E-state index is 5.81. The summed E-state index contributed by atoms with van der Waals surface area (Å²) in [5.74, 6) is 0.579. The Bertz CT molecular complexity index is 326. The molecule has 0 atom stereocenters. The summed E-state index contributed by atoms with van der Waals surface area (Å²) in [4.78, 5) is 6.29. The zero-order chi connectivity index (χ0) is 9.97. The molecule has 4 nitrogen and oxygen atoms in total. The number of nitrogen functional groups attached to an aromatic ring is 1. The summed E-state index contributed by atoms with van der Waals surface area (Å²) in [6.45, 7) is 3.27. The Morgan fingerprint density at radius 3 is 2.86 bits per heavy atom. The lowest BCUT2D eigenvalue weighted by molar-refractivity contribution is 0.122. The van der Waals surface area contributed by atoms with Gasteiger partial charge in [-0.1, -0.05) is 0 Å². The van der Waals surface area contributed by atoms with Crippen LogP contribution < -0.4 is 10.6 Å². The summed E-state index contributed by atoms with van der Waals surface area (Å²) < 4.78 is 6.23. The van der Waals surface area contributed by atoms with Gasteiger partial charge < -0.3 is 15.4 Å². The number of rotatable bonds is 1. The molecule has 1 fully saturated rings. The summed E-state index contributed by atoms with van der Waals surface area (Å²) in [7, 11) is 0. The van der Waals surface area contributed by atoms with Gasteiger partial charge in [-0.25, -0.2) is 4.98 Å². The molecule has 0 aromatic carbocycles. The molecule has 1 aromatic rings. The van der Waals surface area contributed by atoms with Crippen molar-refractivity contribution in [1.82, 2.24) is 4.98 Å². The molecular formula is C9H12BrN3O. The number of morpholine rings is 1. The second kappa shape index (κ2) is 4.14. The van der Waals surface area contributed by atoms with Gasteiger partial charge >= 0.3 is 0 Å². The molecule has 2 N–H and O–H groups in total. The van der Waals surface area contributed by atoms with E-state index in [1.165, 1.54) is 0 Å². The Balaban J connectivity index is 2.24. The molecule has 0 radical (unpaired) electrons. The van der Waals surface area contributed by atoms with Crippen molar-refractivity contribution in [3.63, 3.8) is 0 Å². The van der Waals surface area contributed by atoms with E-state index < -0.39 is 0 Å². The minimum Gasteiger partial charge on any atom is -0.382 e. The molecule has 1 aliphatic heterocycles. The number of nitrogens with two attached hydrogens (primary N) is 1. The number of hydrogen-bond donors (Lipinski definition) is 1. The summed E-state index contributed by atoms with van der Waals surface area (Å²) in [5.41, 5.74) is 6.79. The first-order valence-corrected chi connectivity index (χ1v) is 5.30. The first kappa shape index (κ1) is 9.73. The molecule has 0 saturated carbocycles. The monoisotopic (exact) mass is 257 g/mol. The first-order valence-electron chi connectivity index (χ1n) is 4.51. The Morgan fingerprint density at radius 2 is 2.14 bits per heavy atom. The van der Waals surface area contributed by atoms with Crippen LogP contribution in [-0.4, -0.2) is 31.3 Å². The normalized spacial score (nSPS) is 17.1. The van der Waals surface area contributed by atoms with Crippen LogP contribution in [0.4, 0.5) is 11.5 Å². The highest BCUT2D eigenvalue weighted by molar-refractivity contribution is 9.10. The fraction of sp³-hybridized carbons (Fsp3) is 0.444. The molecule has 1 aliphatic rings. The molecule has 2 rings (SSSR count). The molecule has 0 aliphatic carbocycles. The minimum atomic E-state index is 0.579. The van der Waals surface area contributed by atoms with Crippen LogP contribution in [0.3, 0.4) is 0 Å². The summed E-state index contributed by atoms with van der Waals surface area (Å²) in [6, 6.07) is 1.99. The second-order valence-electron chi connectivity index (χ2n) is 3.16. The van der Waals surface area contributed by atoms with Gasteiger partial charge in [0.25, 0.3) is 0 Å². The van der Waals surface area contributed by atoms with Gasteiger partial charge in [0.15, 0.2) is 0 Å². The van der Waals surface area contributed by atoms with E-state index in [0.29, 0.717) is 5.82 Å². The largest absolute Gasteiger partial charge is 0.382 e. The number of aromatic nitrogens is 1. The smallest absolute Gasteiger partial charge is 0.147 e. The Hall–Kier alpha value is -0.810. The van der Waals surface area contributed by atoms with Crippen molar-refractivity contribution < 1.29 is 4.74 Å². The topological polar surface area (TPSA) is 51.4 Å². The van der Waals surface area contributed by atoms with Crippen molar-refractivity contribution >= 4 is 27.4 Å². The maximum absolute atomic E-state index is 5.81. The highest BCUT2D eigenvalue weighted by atomic mass is 79.9. The number of anilines is 2. The average molecular weight is 258 g/mol. The van der Waals surface area contributed by atoms with Crippen LogP contribution in [0, 0.1) is 0 Å². The van der Waals surface area contributed by atoms with Crippen molar-refractivity contribution in [2.75, 3.05) is 36.9 Å². The van der Waals surface area contributed by atoms with Crippen molar-refractivity contribution in [2.45, 2.75) is 0 Å². The molecule has 14 heavy (non-hydrogen) atoms. The molecule has 1 saturated heterocycles. The summed E-state index contributed by atoms with van der Waals surface area (Å²) in [6.07, 6.45) is 1.71. The van der Waals surface area contributed by atoms with E-state index in [1.54, 1.807) is 6.20 Å².